The van der Waals surface area contributed by atoms with E-state index in [-0.39, 0.29) is 17.9 Å². The van der Waals surface area contributed by atoms with Crippen LogP contribution in [0.2, 0.25) is 15.7 Å². The van der Waals surface area contributed by atoms with Gasteiger partial charge in [0, 0.05) is 0 Å². The Labute approximate surface area is 95.9 Å². The third-order valence-electron chi connectivity index (χ3n) is 2.81. The van der Waals surface area contributed by atoms with Crippen LogP contribution in [0.15, 0.2) is 0 Å². The van der Waals surface area contributed by atoms with Gasteiger partial charge >= 0.3 is 33.6 Å². The molecule has 0 saturated heterocycles. The van der Waals surface area contributed by atoms with Crippen LogP contribution in [0.5, 0.6) is 0 Å². The van der Waals surface area contributed by atoms with E-state index in [0.29, 0.717) is 0 Å². The second kappa shape index (κ2) is 5.83. The molecule has 1 heteroatoms. The van der Waals surface area contributed by atoms with Gasteiger partial charge in [0.1, 0.15) is 0 Å². The van der Waals surface area contributed by atoms with Crippen LogP contribution in [0.25, 0.3) is 0 Å². The Balaban J connectivity index is 0.000000364. The first-order chi connectivity index (χ1) is 6.29. The second-order valence-electron chi connectivity index (χ2n) is 4.62. The van der Waals surface area contributed by atoms with Crippen molar-refractivity contribution in [1.29, 1.82) is 0 Å². The molecule has 0 radical (unpaired) electrons. The van der Waals surface area contributed by atoms with Crippen molar-refractivity contribution in [3.05, 3.63) is 27.8 Å². The van der Waals surface area contributed by atoms with E-state index >= 15 is 0 Å². The van der Waals surface area contributed by atoms with Gasteiger partial charge in [-0.15, -0.1) is 0 Å². The Morgan fingerprint density at radius 2 is 1.00 bits per heavy atom. The van der Waals surface area contributed by atoms with Crippen molar-refractivity contribution < 1.29 is 17.9 Å². The van der Waals surface area contributed by atoms with Gasteiger partial charge in [0.2, 0.25) is 0 Å². The van der Waals surface area contributed by atoms with Crippen molar-refractivity contribution in [2.24, 2.45) is 0 Å². The molecule has 0 aliphatic carbocycles. The standard InChI is InChI=1S/C10H15.3CH3.Ti/c1-6-7(2)9(4)10(5)8(6)3;;;;/h1-5H3;3*1H3;/q-1;;;;+1. The van der Waals surface area contributed by atoms with E-state index in [9.17, 15) is 0 Å². The van der Waals surface area contributed by atoms with E-state index in [1.165, 1.54) is 27.8 Å². The predicted molar refractivity (Wildman–Crippen MR) is 63.3 cm³/mol. The average Bonchev–Trinajstić information content (AvgIpc) is 2.23. The van der Waals surface area contributed by atoms with E-state index in [1.54, 1.807) is 0 Å². The van der Waals surface area contributed by atoms with Crippen LogP contribution in [-0.2, 0) is 17.9 Å². The first-order valence-electron chi connectivity index (χ1n) is 5.25. The summed E-state index contributed by atoms with van der Waals surface area (Å²) in [7, 11) is 0. The molecule has 0 aliphatic heterocycles. The van der Waals surface area contributed by atoms with Crippen LogP contribution in [0, 0.1) is 34.6 Å². The molecule has 0 aliphatic rings. The zero-order chi connectivity index (χ0) is 11.5. The molecule has 0 atom stereocenters. The summed E-state index contributed by atoms with van der Waals surface area (Å²) in [5.74, 6) is 0. The molecule has 0 fully saturated rings. The van der Waals surface area contributed by atoms with E-state index in [1.807, 2.05) is 0 Å². The summed E-state index contributed by atoms with van der Waals surface area (Å²) in [6.45, 7) is 11.0. The maximum atomic E-state index is 2.33. The Morgan fingerprint density at radius 1 is 0.786 bits per heavy atom. The topological polar surface area (TPSA) is 0 Å². The summed E-state index contributed by atoms with van der Waals surface area (Å²) in [6.07, 6.45) is 0. The summed E-state index contributed by atoms with van der Waals surface area (Å²) in [5, 5.41) is 7.00. The minimum atomic E-state index is -0.333. The van der Waals surface area contributed by atoms with E-state index < -0.39 is 0 Å². The van der Waals surface area contributed by atoms with Gasteiger partial charge in [-0.25, -0.2) is 0 Å². The molecule has 0 heterocycles. The van der Waals surface area contributed by atoms with Gasteiger partial charge in [-0.1, -0.05) is 34.6 Å². The van der Waals surface area contributed by atoms with Crippen LogP contribution in [-0.4, -0.2) is 0 Å². The molecular formula is C13H24Ti. The molecule has 0 spiro atoms. The molecule has 0 saturated carbocycles. The molecule has 0 nitrogen and oxygen atoms in total. The SMILES string of the molecule is Cc1c(C)c(C)[c-](C)c1C.[CH3][Ti+]([CH3])[CH3]. The first kappa shape index (κ1) is 14.1. The molecule has 0 N–H and O–H groups in total. The molecule has 1 aromatic rings. The zero-order valence-corrected chi connectivity index (χ0v) is 12.6. The molecule has 0 amide bonds. The average molecular weight is 228 g/mol. The summed E-state index contributed by atoms with van der Waals surface area (Å²) in [4.78, 5) is 0. The van der Waals surface area contributed by atoms with Crippen molar-refractivity contribution in [2.75, 3.05) is 0 Å². The van der Waals surface area contributed by atoms with E-state index in [0.717, 1.165) is 0 Å². The summed E-state index contributed by atoms with van der Waals surface area (Å²) in [5.41, 5.74) is 7.34. The number of hydrogen-bond donors (Lipinski definition) is 0. The summed E-state index contributed by atoms with van der Waals surface area (Å²) in [6, 6.07) is 0. The fourth-order valence-electron chi connectivity index (χ4n) is 1.41. The van der Waals surface area contributed by atoms with Gasteiger partial charge in [0.05, 0.1) is 0 Å². The molecule has 1 aromatic carbocycles. The first-order valence-corrected chi connectivity index (χ1v) is 9.93. The summed E-state index contributed by atoms with van der Waals surface area (Å²) >= 11 is -0.333. The fourth-order valence-corrected chi connectivity index (χ4v) is 1.41. The monoisotopic (exact) mass is 228 g/mol. The van der Waals surface area contributed by atoms with Crippen LogP contribution in [0.3, 0.4) is 0 Å². The Bertz CT molecular complexity index is 210. The quantitative estimate of drug-likeness (QED) is 0.446. The maximum absolute atomic E-state index is 2.33. The van der Waals surface area contributed by atoms with Gasteiger partial charge < -0.3 is 0 Å². The Hall–Kier alpha value is 0.0643. The molecule has 80 valence electrons. The van der Waals surface area contributed by atoms with Gasteiger partial charge in [-0.05, 0) is 0 Å². The van der Waals surface area contributed by atoms with Crippen molar-refractivity contribution in [3.8, 4) is 0 Å². The molecule has 0 aromatic heterocycles. The van der Waals surface area contributed by atoms with Crippen LogP contribution in [0.4, 0.5) is 0 Å². The van der Waals surface area contributed by atoms with Crippen LogP contribution >= 0.6 is 0 Å². The van der Waals surface area contributed by atoms with Gasteiger partial charge in [0.15, 0.2) is 0 Å². The van der Waals surface area contributed by atoms with Gasteiger partial charge in [-0.2, -0.15) is 27.8 Å². The van der Waals surface area contributed by atoms with Crippen LogP contribution in [0.1, 0.15) is 27.8 Å². The van der Waals surface area contributed by atoms with Crippen LogP contribution < -0.4 is 0 Å². The Morgan fingerprint density at radius 3 is 1.07 bits per heavy atom. The zero-order valence-electron chi connectivity index (χ0n) is 11.0. The van der Waals surface area contributed by atoms with Crippen molar-refractivity contribution in [2.45, 2.75) is 50.3 Å². The minimum absolute atomic E-state index is 0.333. The second-order valence-corrected chi connectivity index (χ2v) is 9.31. The third-order valence-corrected chi connectivity index (χ3v) is 2.81. The molecule has 0 bridgehead atoms. The van der Waals surface area contributed by atoms with Crippen molar-refractivity contribution in [1.82, 2.24) is 0 Å². The van der Waals surface area contributed by atoms with Gasteiger partial charge in [-0.3, -0.25) is 0 Å². The molecule has 0 unspecified atom stereocenters. The van der Waals surface area contributed by atoms with E-state index in [4.69, 9.17) is 0 Å². The van der Waals surface area contributed by atoms with E-state index in [2.05, 4.69) is 50.3 Å². The Kier molecular flexibility index (Phi) is 5.85. The van der Waals surface area contributed by atoms with Crippen molar-refractivity contribution >= 4 is 0 Å². The predicted octanol–water partition coefficient (Wildman–Crippen LogP) is 4.70. The normalized spacial score (nSPS) is 9.43. The molecule has 14 heavy (non-hydrogen) atoms. The third kappa shape index (κ3) is 3.67. The molecular weight excluding hydrogens is 204 g/mol. The van der Waals surface area contributed by atoms with Gasteiger partial charge in [0.25, 0.3) is 0 Å². The molecule has 1 rings (SSSR count). The van der Waals surface area contributed by atoms with Crippen molar-refractivity contribution in [3.63, 3.8) is 0 Å². The number of rotatable bonds is 0. The fraction of sp³-hybridized carbons (Fsp3) is 0.615. The summed E-state index contributed by atoms with van der Waals surface area (Å²) < 4.78 is 0. The number of hydrogen-bond acceptors (Lipinski definition) is 0.